The number of methoxy groups -OCH3 is 1. The Balaban J connectivity index is 3.31. The summed E-state index contributed by atoms with van der Waals surface area (Å²) in [5.74, 6) is -0.522. The van der Waals surface area contributed by atoms with E-state index in [1.165, 1.54) is 37.5 Å². The van der Waals surface area contributed by atoms with Crippen LogP contribution in [0.2, 0.25) is 0 Å². The van der Waals surface area contributed by atoms with Crippen molar-refractivity contribution in [1.82, 2.24) is 4.31 Å². The molecule has 0 saturated heterocycles. The van der Waals surface area contributed by atoms with Gasteiger partial charge in [-0.3, -0.25) is 0 Å². The summed E-state index contributed by atoms with van der Waals surface area (Å²) in [5, 5.41) is 0. The molecule has 0 bridgehead atoms. The molecule has 0 fully saturated rings. The number of ether oxygens (including phenoxy) is 1. The first kappa shape index (κ1) is 17.4. The van der Waals surface area contributed by atoms with E-state index in [1.807, 2.05) is 0 Å². The fourth-order valence-electron chi connectivity index (χ4n) is 1.79. The van der Waals surface area contributed by atoms with Crippen LogP contribution in [0.4, 0.5) is 4.39 Å². The van der Waals surface area contributed by atoms with Gasteiger partial charge in [-0.2, -0.15) is 4.31 Å². The van der Waals surface area contributed by atoms with E-state index < -0.39 is 15.8 Å². The highest BCUT2D eigenvalue weighted by Gasteiger charge is 2.28. The van der Waals surface area contributed by atoms with Gasteiger partial charge in [-0.1, -0.05) is 0 Å². The number of nitrogens with zero attached hydrogens (tertiary/aromatic N) is 1. The van der Waals surface area contributed by atoms with Gasteiger partial charge >= 0.3 is 0 Å². The summed E-state index contributed by atoms with van der Waals surface area (Å²) < 4.78 is 45.0. The van der Waals surface area contributed by atoms with Gasteiger partial charge in [0.2, 0.25) is 10.0 Å². The van der Waals surface area contributed by atoms with Gasteiger partial charge in [-0.15, -0.1) is 11.6 Å². The monoisotopic (exact) mass is 323 g/mol. The number of benzene rings is 1. The molecule has 1 aromatic carbocycles. The SMILES string of the molecule is COCC(C)N(C)S(=O)(=O)c1cc(CCl)cc(F)c1C. The van der Waals surface area contributed by atoms with Crippen molar-refractivity contribution in [1.29, 1.82) is 0 Å². The Morgan fingerprint density at radius 3 is 2.55 bits per heavy atom. The van der Waals surface area contributed by atoms with Crippen molar-refractivity contribution in [2.24, 2.45) is 0 Å². The van der Waals surface area contributed by atoms with Crippen LogP contribution in [0.3, 0.4) is 0 Å². The predicted molar refractivity (Wildman–Crippen MR) is 77.0 cm³/mol. The zero-order valence-electron chi connectivity index (χ0n) is 12.0. The average Bonchev–Trinajstić information content (AvgIpc) is 2.40. The zero-order valence-corrected chi connectivity index (χ0v) is 13.6. The standard InChI is InChI=1S/C13H19ClFNO3S/c1-9(8-19-4)16(3)20(17,18)13-6-11(7-14)5-12(15)10(13)2/h5-6,9H,7-8H2,1-4H3. The molecule has 1 atom stereocenters. The van der Waals surface area contributed by atoms with Crippen LogP contribution >= 0.6 is 11.6 Å². The molecule has 7 heteroatoms. The quantitative estimate of drug-likeness (QED) is 0.756. The predicted octanol–water partition coefficient (Wildman–Crippen LogP) is 2.53. The van der Waals surface area contributed by atoms with Gasteiger partial charge in [0.25, 0.3) is 0 Å². The summed E-state index contributed by atoms with van der Waals surface area (Å²) in [7, 11) is -0.847. The highest BCUT2D eigenvalue weighted by Crippen LogP contribution is 2.25. The summed E-state index contributed by atoms with van der Waals surface area (Å²) in [4.78, 5) is -0.0568. The van der Waals surface area contributed by atoms with Crippen molar-refractivity contribution in [3.05, 3.63) is 29.1 Å². The third-order valence-corrected chi connectivity index (χ3v) is 5.60. The number of alkyl halides is 1. The lowest BCUT2D eigenvalue weighted by Crippen LogP contribution is -2.38. The van der Waals surface area contributed by atoms with E-state index in [-0.39, 0.29) is 29.0 Å². The van der Waals surface area contributed by atoms with E-state index >= 15 is 0 Å². The molecule has 1 rings (SSSR count). The van der Waals surface area contributed by atoms with Crippen LogP contribution in [0, 0.1) is 12.7 Å². The number of rotatable bonds is 6. The molecule has 0 amide bonds. The fourth-order valence-corrected chi connectivity index (χ4v) is 3.57. The summed E-state index contributed by atoms with van der Waals surface area (Å²) in [5.41, 5.74) is 0.525. The summed E-state index contributed by atoms with van der Waals surface area (Å²) in [6.45, 7) is 3.42. The first-order valence-electron chi connectivity index (χ1n) is 6.07. The van der Waals surface area contributed by atoms with Crippen molar-refractivity contribution in [2.45, 2.75) is 30.7 Å². The molecule has 0 aromatic heterocycles. The van der Waals surface area contributed by atoms with E-state index in [2.05, 4.69) is 0 Å². The van der Waals surface area contributed by atoms with E-state index in [0.29, 0.717) is 5.56 Å². The van der Waals surface area contributed by atoms with E-state index in [1.54, 1.807) is 6.92 Å². The van der Waals surface area contributed by atoms with Crippen molar-refractivity contribution >= 4 is 21.6 Å². The molecular formula is C13H19ClFNO3S. The second-order valence-corrected chi connectivity index (χ2v) is 6.89. The number of hydrogen-bond donors (Lipinski definition) is 0. The van der Waals surface area contributed by atoms with Crippen molar-refractivity contribution < 1.29 is 17.5 Å². The Morgan fingerprint density at radius 2 is 2.05 bits per heavy atom. The van der Waals surface area contributed by atoms with Gasteiger partial charge < -0.3 is 4.74 Å². The van der Waals surface area contributed by atoms with Gasteiger partial charge in [0.05, 0.1) is 11.5 Å². The zero-order chi connectivity index (χ0) is 15.5. The molecule has 20 heavy (non-hydrogen) atoms. The Morgan fingerprint density at radius 1 is 1.45 bits per heavy atom. The minimum Gasteiger partial charge on any atom is -0.383 e. The first-order valence-corrected chi connectivity index (χ1v) is 8.05. The lowest BCUT2D eigenvalue weighted by molar-refractivity contribution is 0.149. The number of likely N-dealkylation sites (N-methyl/N-ethyl adjacent to an activating group) is 1. The smallest absolute Gasteiger partial charge is 0.243 e. The maximum absolute atomic E-state index is 13.8. The molecule has 0 aliphatic rings. The Bertz CT molecular complexity index is 577. The minimum atomic E-state index is -3.79. The van der Waals surface area contributed by atoms with Crippen molar-refractivity contribution in [2.75, 3.05) is 20.8 Å². The molecule has 4 nitrogen and oxygen atoms in total. The Labute approximate surface area is 124 Å². The third kappa shape index (κ3) is 3.49. The lowest BCUT2D eigenvalue weighted by atomic mass is 10.1. The number of halogens is 2. The Hall–Kier alpha value is -0.690. The minimum absolute atomic E-state index is 0.0526. The topological polar surface area (TPSA) is 46.6 Å². The number of sulfonamides is 1. The van der Waals surface area contributed by atoms with E-state index in [0.717, 1.165) is 0 Å². The van der Waals surface area contributed by atoms with Gasteiger partial charge in [-0.25, -0.2) is 12.8 Å². The Kier molecular flexibility index (Phi) is 5.94. The second kappa shape index (κ2) is 6.85. The molecule has 0 saturated carbocycles. The molecule has 0 aliphatic heterocycles. The summed E-state index contributed by atoms with van der Waals surface area (Å²) in [6, 6.07) is 2.31. The molecule has 0 radical (unpaired) electrons. The fraction of sp³-hybridized carbons (Fsp3) is 0.538. The summed E-state index contributed by atoms with van der Waals surface area (Å²) in [6.07, 6.45) is 0. The largest absolute Gasteiger partial charge is 0.383 e. The molecule has 0 heterocycles. The lowest BCUT2D eigenvalue weighted by Gasteiger charge is -2.24. The van der Waals surface area contributed by atoms with Crippen LogP contribution in [0.1, 0.15) is 18.1 Å². The third-order valence-electron chi connectivity index (χ3n) is 3.20. The van der Waals surface area contributed by atoms with Gasteiger partial charge in [-0.05, 0) is 31.5 Å². The van der Waals surface area contributed by atoms with Gasteiger partial charge in [0.1, 0.15) is 5.82 Å². The van der Waals surface area contributed by atoms with Crippen molar-refractivity contribution in [3.8, 4) is 0 Å². The van der Waals surface area contributed by atoms with Gasteiger partial charge in [0.15, 0.2) is 0 Å². The van der Waals surface area contributed by atoms with Crippen LogP contribution in [-0.4, -0.2) is 39.5 Å². The molecule has 0 N–H and O–H groups in total. The van der Waals surface area contributed by atoms with E-state index in [9.17, 15) is 12.8 Å². The van der Waals surface area contributed by atoms with Crippen molar-refractivity contribution in [3.63, 3.8) is 0 Å². The molecule has 1 aromatic rings. The maximum Gasteiger partial charge on any atom is 0.243 e. The van der Waals surface area contributed by atoms with Crippen LogP contribution in [-0.2, 0) is 20.6 Å². The normalized spacial score (nSPS) is 13.8. The highest BCUT2D eigenvalue weighted by atomic mass is 35.5. The maximum atomic E-state index is 13.8. The van der Waals surface area contributed by atoms with Gasteiger partial charge in [0, 0.05) is 31.6 Å². The highest BCUT2D eigenvalue weighted by molar-refractivity contribution is 7.89. The molecule has 0 spiro atoms. The molecular weight excluding hydrogens is 305 g/mol. The summed E-state index contributed by atoms with van der Waals surface area (Å²) >= 11 is 5.67. The van der Waals surface area contributed by atoms with Crippen LogP contribution in [0.5, 0.6) is 0 Å². The first-order chi connectivity index (χ1) is 9.25. The van der Waals surface area contributed by atoms with Crippen LogP contribution < -0.4 is 0 Å². The molecule has 0 aliphatic carbocycles. The molecule has 114 valence electrons. The molecule has 1 unspecified atom stereocenters. The van der Waals surface area contributed by atoms with Crippen LogP contribution in [0.25, 0.3) is 0 Å². The van der Waals surface area contributed by atoms with E-state index in [4.69, 9.17) is 16.3 Å². The second-order valence-electron chi connectivity index (χ2n) is 4.66. The van der Waals surface area contributed by atoms with Crippen LogP contribution in [0.15, 0.2) is 17.0 Å². The number of hydrogen-bond acceptors (Lipinski definition) is 3. The average molecular weight is 324 g/mol.